The molecule has 0 bridgehead atoms. The van der Waals surface area contributed by atoms with E-state index in [1.54, 1.807) is 6.21 Å². The van der Waals surface area contributed by atoms with Crippen molar-refractivity contribution in [1.82, 2.24) is 0 Å². The maximum atomic E-state index is 10.8. The summed E-state index contributed by atoms with van der Waals surface area (Å²) in [6.45, 7) is 6.92. The molecule has 26 heavy (non-hydrogen) atoms. The predicted molar refractivity (Wildman–Crippen MR) is 99.2 cm³/mol. The minimum absolute atomic E-state index is 0.112. The lowest BCUT2D eigenvalue weighted by atomic mass is 9.87. The van der Waals surface area contributed by atoms with Gasteiger partial charge in [-0.05, 0) is 28.7 Å². The van der Waals surface area contributed by atoms with Gasteiger partial charge in [0.05, 0.1) is 6.21 Å². The number of ether oxygens (including phenoxy) is 1. The number of phenols is 1. The first-order chi connectivity index (χ1) is 12.3. The summed E-state index contributed by atoms with van der Waals surface area (Å²) in [5.41, 5.74) is 2.13. The highest BCUT2D eigenvalue weighted by molar-refractivity contribution is 5.90. The van der Waals surface area contributed by atoms with Crippen molar-refractivity contribution >= 4 is 12.2 Å². The van der Waals surface area contributed by atoms with E-state index >= 15 is 0 Å². The Labute approximate surface area is 152 Å². The minimum Gasteiger partial charge on any atom is -0.507 e. The average Bonchev–Trinajstić information content (AvgIpc) is 2.57. The van der Waals surface area contributed by atoms with E-state index in [4.69, 9.17) is 14.7 Å². The van der Waals surface area contributed by atoms with Crippen LogP contribution in [-0.2, 0) is 10.3 Å². The first kappa shape index (κ1) is 19.3. The molecule has 0 unspecified atom stereocenters. The molecule has 0 aliphatic heterocycles. The molecular formula is C20H23NO5. The highest BCUT2D eigenvalue weighted by Crippen LogP contribution is 2.23. The predicted octanol–water partition coefficient (Wildman–Crippen LogP) is 3.82. The van der Waals surface area contributed by atoms with E-state index < -0.39 is 5.97 Å². The van der Waals surface area contributed by atoms with Gasteiger partial charge in [-0.25, -0.2) is 4.79 Å². The molecule has 0 spiro atoms. The van der Waals surface area contributed by atoms with Crippen LogP contribution in [0.2, 0.25) is 0 Å². The molecule has 0 saturated carbocycles. The van der Waals surface area contributed by atoms with Gasteiger partial charge in [0.2, 0.25) is 0 Å². The van der Waals surface area contributed by atoms with Crippen LogP contribution >= 0.6 is 0 Å². The Hall–Kier alpha value is -3.02. The number of nitrogens with zero attached hydrogens (tertiary/aromatic N) is 1. The summed E-state index contributed by atoms with van der Waals surface area (Å²) in [5, 5.41) is 22.3. The van der Waals surface area contributed by atoms with Crippen molar-refractivity contribution in [2.24, 2.45) is 5.16 Å². The van der Waals surface area contributed by atoms with Gasteiger partial charge in [0, 0.05) is 6.07 Å². The van der Waals surface area contributed by atoms with Gasteiger partial charge in [-0.3, -0.25) is 0 Å². The summed E-state index contributed by atoms with van der Waals surface area (Å²) < 4.78 is 5.38. The third kappa shape index (κ3) is 5.51. The van der Waals surface area contributed by atoms with Gasteiger partial charge in [0.25, 0.3) is 0 Å². The van der Waals surface area contributed by atoms with Gasteiger partial charge in [-0.1, -0.05) is 50.2 Å². The Morgan fingerprint density at radius 1 is 1.12 bits per heavy atom. The molecule has 2 N–H and O–H groups in total. The van der Waals surface area contributed by atoms with Crippen LogP contribution in [0.1, 0.15) is 42.3 Å². The van der Waals surface area contributed by atoms with Crippen LogP contribution in [0.4, 0.5) is 0 Å². The van der Waals surface area contributed by atoms with E-state index in [0.717, 1.165) is 5.56 Å². The number of hydrogen-bond donors (Lipinski definition) is 2. The fraction of sp³-hybridized carbons (Fsp3) is 0.300. The van der Waals surface area contributed by atoms with Crippen LogP contribution in [0, 0.1) is 0 Å². The Balaban J connectivity index is 1.76. The topological polar surface area (TPSA) is 88.4 Å². The standard InChI is InChI=1S/C20H23NO5/c1-20(2,3)15-6-4-14(5-7-15)13-21-26-11-10-25-16-8-9-17(19(23)24)18(22)12-16/h4-9,12-13,22H,10-11H2,1-3H3,(H,23,24)/b21-13+. The van der Waals surface area contributed by atoms with E-state index in [1.807, 2.05) is 12.1 Å². The average molecular weight is 357 g/mol. The van der Waals surface area contributed by atoms with E-state index in [0.29, 0.717) is 5.75 Å². The molecule has 2 aromatic carbocycles. The molecule has 0 radical (unpaired) electrons. The molecule has 0 atom stereocenters. The van der Waals surface area contributed by atoms with Gasteiger partial charge >= 0.3 is 5.97 Å². The van der Waals surface area contributed by atoms with E-state index in [1.165, 1.54) is 23.8 Å². The first-order valence-corrected chi connectivity index (χ1v) is 8.22. The zero-order valence-electron chi connectivity index (χ0n) is 15.1. The van der Waals surface area contributed by atoms with Crippen molar-refractivity contribution in [1.29, 1.82) is 0 Å². The van der Waals surface area contributed by atoms with Gasteiger partial charge in [-0.15, -0.1) is 0 Å². The van der Waals surface area contributed by atoms with Crippen molar-refractivity contribution < 1.29 is 24.6 Å². The molecule has 6 nitrogen and oxygen atoms in total. The number of rotatable bonds is 7. The van der Waals surface area contributed by atoms with Crippen molar-refractivity contribution in [2.45, 2.75) is 26.2 Å². The maximum Gasteiger partial charge on any atom is 0.339 e. The maximum absolute atomic E-state index is 10.8. The Kier molecular flexibility index (Phi) is 6.22. The summed E-state index contributed by atoms with van der Waals surface area (Å²) in [4.78, 5) is 15.9. The van der Waals surface area contributed by atoms with Gasteiger partial charge < -0.3 is 19.8 Å². The quantitative estimate of drug-likeness (QED) is 0.447. The Morgan fingerprint density at radius 2 is 1.81 bits per heavy atom. The minimum atomic E-state index is -1.19. The second-order valence-electron chi connectivity index (χ2n) is 6.77. The van der Waals surface area contributed by atoms with Crippen LogP contribution in [0.5, 0.6) is 11.5 Å². The molecule has 0 heterocycles. The van der Waals surface area contributed by atoms with Crippen molar-refractivity contribution in [3.63, 3.8) is 0 Å². The lowest BCUT2D eigenvalue weighted by Gasteiger charge is -2.18. The molecule has 0 fully saturated rings. The summed E-state index contributed by atoms with van der Waals surface area (Å²) in [6.07, 6.45) is 1.62. The van der Waals surface area contributed by atoms with Crippen molar-refractivity contribution in [3.05, 3.63) is 59.2 Å². The van der Waals surface area contributed by atoms with Crippen LogP contribution in [-0.4, -0.2) is 35.6 Å². The molecule has 2 aromatic rings. The van der Waals surface area contributed by atoms with Crippen LogP contribution in [0.3, 0.4) is 0 Å². The lowest BCUT2D eigenvalue weighted by Crippen LogP contribution is -2.10. The number of oxime groups is 1. The number of carboxylic acids is 1. The smallest absolute Gasteiger partial charge is 0.339 e. The monoisotopic (exact) mass is 357 g/mol. The summed E-state index contributed by atoms with van der Waals surface area (Å²) in [5.74, 6) is -1.17. The van der Waals surface area contributed by atoms with Crippen molar-refractivity contribution in [2.75, 3.05) is 13.2 Å². The molecule has 0 aliphatic rings. The largest absolute Gasteiger partial charge is 0.507 e. The summed E-state index contributed by atoms with van der Waals surface area (Å²) >= 11 is 0. The Morgan fingerprint density at radius 3 is 2.38 bits per heavy atom. The fourth-order valence-corrected chi connectivity index (χ4v) is 2.20. The number of benzene rings is 2. The normalized spacial score (nSPS) is 11.5. The molecule has 138 valence electrons. The first-order valence-electron chi connectivity index (χ1n) is 8.22. The second-order valence-corrected chi connectivity index (χ2v) is 6.77. The fourth-order valence-electron chi connectivity index (χ4n) is 2.20. The summed E-state index contributed by atoms with van der Waals surface area (Å²) in [6, 6.07) is 12.1. The van der Waals surface area contributed by atoms with E-state index in [2.05, 4.69) is 38.1 Å². The number of carbonyl (C=O) groups is 1. The van der Waals surface area contributed by atoms with Gasteiger partial charge in [0.15, 0.2) is 6.61 Å². The zero-order chi connectivity index (χ0) is 19.2. The second kappa shape index (κ2) is 8.38. The number of aromatic hydroxyl groups is 1. The highest BCUT2D eigenvalue weighted by Gasteiger charge is 2.12. The van der Waals surface area contributed by atoms with Crippen LogP contribution < -0.4 is 4.74 Å². The third-order valence-corrected chi connectivity index (χ3v) is 3.70. The molecule has 0 amide bonds. The lowest BCUT2D eigenvalue weighted by molar-refractivity contribution is 0.0693. The highest BCUT2D eigenvalue weighted by atomic mass is 16.6. The number of carboxylic acid groups (broad SMARTS) is 1. The molecule has 0 aliphatic carbocycles. The molecule has 6 heteroatoms. The van der Waals surface area contributed by atoms with Gasteiger partial charge in [-0.2, -0.15) is 0 Å². The molecular weight excluding hydrogens is 334 g/mol. The van der Waals surface area contributed by atoms with Gasteiger partial charge in [0.1, 0.15) is 23.7 Å². The molecule has 2 rings (SSSR count). The Bertz CT molecular complexity index is 776. The molecule has 0 saturated heterocycles. The SMILES string of the molecule is CC(C)(C)c1ccc(/C=N/OCCOc2ccc(C(=O)O)c(O)c2)cc1. The third-order valence-electron chi connectivity index (χ3n) is 3.70. The number of aromatic carboxylic acids is 1. The van der Waals surface area contributed by atoms with Crippen LogP contribution in [0.15, 0.2) is 47.6 Å². The molecule has 0 aromatic heterocycles. The van der Waals surface area contributed by atoms with E-state index in [-0.39, 0.29) is 29.9 Å². The zero-order valence-corrected chi connectivity index (χ0v) is 15.1. The van der Waals surface area contributed by atoms with Crippen LogP contribution in [0.25, 0.3) is 0 Å². The van der Waals surface area contributed by atoms with Crippen molar-refractivity contribution in [3.8, 4) is 11.5 Å². The number of hydrogen-bond acceptors (Lipinski definition) is 5. The summed E-state index contributed by atoms with van der Waals surface area (Å²) in [7, 11) is 0. The van der Waals surface area contributed by atoms with E-state index in [9.17, 15) is 9.90 Å².